The van der Waals surface area contributed by atoms with Gasteiger partial charge in [0.25, 0.3) is 0 Å². The maximum atomic E-state index is 9.45. The first-order valence-corrected chi connectivity index (χ1v) is 12.3. The van der Waals surface area contributed by atoms with Crippen LogP contribution in [-0.4, -0.2) is 21.8 Å². The summed E-state index contributed by atoms with van der Waals surface area (Å²) in [6.07, 6.45) is 19.6. The molecule has 1 aromatic rings. The molecule has 0 saturated carbocycles. The zero-order chi connectivity index (χ0) is 21.9. The van der Waals surface area contributed by atoms with Gasteiger partial charge in [0, 0.05) is 5.56 Å². The third-order valence-corrected chi connectivity index (χ3v) is 5.81. The van der Waals surface area contributed by atoms with Crippen molar-refractivity contribution in [2.24, 2.45) is 10.3 Å². The van der Waals surface area contributed by atoms with Crippen LogP contribution < -0.4 is 0 Å². The van der Waals surface area contributed by atoms with E-state index in [1.165, 1.54) is 69.8 Å². The Bertz CT molecular complexity index is 594. The lowest BCUT2D eigenvalue weighted by molar-refractivity contribution is 0.313. The van der Waals surface area contributed by atoms with Crippen LogP contribution in [0.5, 0.6) is 0 Å². The molecule has 1 aromatic carbocycles. The minimum Gasteiger partial charge on any atom is -0.411 e. The Balaban J connectivity index is 2.32. The molecule has 30 heavy (non-hydrogen) atoms. The number of hydrogen-bond donors (Lipinski definition) is 2. The second kappa shape index (κ2) is 18.0. The highest BCUT2D eigenvalue weighted by molar-refractivity contribution is 6.48. The van der Waals surface area contributed by atoms with Crippen molar-refractivity contribution in [1.82, 2.24) is 0 Å². The van der Waals surface area contributed by atoms with Gasteiger partial charge in [0.2, 0.25) is 0 Å². The maximum Gasteiger partial charge on any atom is 0.134 e. The maximum absolute atomic E-state index is 9.45. The summed E-state index contributed by atoms with van der Waals surface area (Å²) in [6, 6.07) is 8.14. The van der Waals surface area contributed by atoms with E-state index >= 15 is 0 Å². The van der Waals surface area contributed by atoms with E-state index in [0.29, 0.717) is 17.8 Å². The molecular formula is C26H44N2O2. The Morgan fingerprint density at radius 2 is 1.13 bits per heavy atom. The highest BCUT2D eigenvalue weighted by Crippen LogP contribution is 2.15. The summed E-state index contributed by atoms with van der Waals surface area (Å²) in [4.78, 5) is 0. The molecule has 0 bridgehead atoms. The van der Waals surface area contributed by atoms with Crippen LogP contribution in [0.25, 0.3) is 0 Å². The monoisotopic (exact) mass is 416 g/mol. The average Bonchev–Trinajstić information content (AvgIpc) is 2.78. The van der Waals surface area contributed by atoms with E-state index in [1.807, 2.05) is 12.1 Å². The Kier molecular flexibility index (Phi) is 15.7. The molecule has 0 aliphatic rings. The minimum absolute atomic E-state index is 0.375. The van der Waals surface area contributed by atoms with Crippen LogP contribution >= 0.6 is 0 Å². The first kappa shape index (κ1) is 26.2. The number of benzene rings is 1. The number of oxime groups is 2. The lowest BCUT2D eigenvalue weighted by Crippen LogP contribution is -2.16. The van der Waals surface area contributed by atoms with Crippen molar-refractivity contribution in [1.29, 1.82) is 0 Å². The molecule has 0 atom stereocenters. The molecule has 0 radical (unpaired) electrons. The minimum atomic E-state index is 0.375. The normalized spacial score (nSPS) is 12.5. The zero-order valence-electron chi connectivity index (χ0n) is 19.4. The molecule has 0 unspecified atom stereocenters. The Morgan fingerprint density at radius 3 is 1.63 bits per heavy atom. The number of unbranched alkanes of at least 4 members (excludes halogenated alkanes) is 12. The summed E-state index contributed by atoms with van der Waals surface area (Å²) in [5, 5.41) is 25.6. The van der Waals surface area contributed by atoms with Gasteiger partial charge < -0.3 is 10.4 Å². The first-order valence-electron chi connectivity index (χ1n) is 12.3. The molecule has 0 aliphatic heterocycles. The van der Waals surface area contributed by atoms with Crippen LogP contribution in [0.15, 0.2) is 34.6 Å². The fraction of sp³-hybridized carbons (Fsp3) is 0.692. The third-order valence-electron chi connectivity index (χ3n) is 5.81. The smallest absolute Gasteiger partial charge is 0.134 e. The molecule has 0 aliphatic carbocycles. The SMILES string of the molecule is CCCCCCCCCCCCc1ccc(C(=NO)C(CCCCCC)=NO)cc1. The van der Waals surface area contributed by atoms with Gasteiger partial charge in [0.05, 0.1) is 0 Å². The molecule has 0 aromatic heterocycles. The van der Waals surface area contributed by atoms with Gasteiger partial charge in [0.1, 0.15) is 11.4 Å². The standard InChI is InChI=1S/C26H44N2O2/c1-3-5-7-9-10-11-12-13-14-15-17-23-19-21-24(22-20-23)26(28-30)25(27-29)18-16-8-6-4-2/h19-22,29-30H,3-18H2,1-2H3. The van der Waals surface area contributed by atoms with Crippen LogP contribution in [0, 0.1) is 0 Å². The van der Waals surface area contributed by atoms with Gasteiger partial charge >= 0.3 is 0 Å². The molecule has 0 amide bonds. The number of aryl methyl sites for hydroxylation is 1. The second-order valence-corrected chi connectivity index (χ2v) is 8.43. The highest BCUT2D eigenvalue weighted by Gasteiger charge is 2.13. The fourth-order valence-electron chi connectivity index (χ4n) is 3.86. The van der Waals surface area contributed by atoms with Crippen molar-refractivity contribution in [3.05, 3.63) is 35.4 Å². The van der Waals surface area contributed by atoms with Crippen LogP contribution in [0.3, 0.4) is 0 Å². The van der Waals surface area contributed by atoms with Crippen molar-refractivity contribution in [2.45, 2.75) is 117 Å². The molecule has 170 valence electrons. The Morgan fingerprint density at radius 1 is 0.633 bits per heavy atom. The predicted molar refractivity (Wildman–Crippen MR) is 128 cm³/mol. The second-order valence-electron chi connectivity index (χ2n) is 8.43. The van der Waals surface area contributed by atoms with Crippen molar-refractivity contribution >= 4 is 11.4 Å². The fourth-order valence-corrected chi connectivity index (χ4v) is 3.86. The van der Waals surface area contributed by atoms with Crippen LogP contribution in [-0.2, 0) is 6.42 Å². The van der Waals surface area contributed by atoms with Crippen molar-refractivity contribution in [2.75, 3.05) is 0 Å². The van der Waals surface area contributed by atoms with E-state index in [2.05, 4.69) is 36.3 Å². The van der Waals surface area contributed by atoms with E-state index in [0.717, 1.165) is 37.7 Å². The molecular weight excluding hydrogens is 372 g/mol. The van der Waals surface area contributed by atoms with Gasteiger partial charge in [-0.3, -0.25) is 0 Å². The number of rotatable bonds is 18. The summed E-state index contributed by atoms with van der Waals surface area (Å²) in [5.74, 6) is 0. The third kappa shape index (κ3) is 11.4. The van der Waals surface area contributed by atoms with Crippen LogP contribution in [0.4, 0.5) is 0 Å². The molecule has 0 saturated heterocycles. The topological polar surface area (TPSA) is 65.2 Å². The Labute approximate surface area is 184 Å². The van der Waals surface area contributed by atoms with Crippen LogP contribution in [0.2, 0.25) is 0 Å². The molecule has 0 heterocycles. The van der Waals surface area contributed by atoms with Crippen LogP contribution in [0.1, 0.15) is 121 Å². The summed E-state index contributed by atoms with van der Waals surface area (Å²) in [7, 11) is 0. The van der Waals surface area contributed by atoms with E-state index in [4.69, 9.17) is 0 Å². The van der Waals surface area contributed by atoms with E-state index in [-0.39, 0.29) is 0 Å². The van der Waals surface area contributed by atoms with Crippen molar-refractivity contribution in [3.63, 3.8) is 0 Å². The average molecular weight is 417 g/mol. The molecule has 0 spiro atoms. The number of hydrogen-bond acceptors (Lipinski definition) is 4. The van der Waals surface area contributed by atoms with Crippen molar-refractivity contribution in [3.8, 4) is 0 Å². The summed E-state index contributed by atoms with van der Waals surface area (Å²) in [5.41, 5.74) is 2.93. The summed E-state index contributed by atoms with van der Waals surface area (Å²) in [6.45, 7) is 4.43. The van der Waals surface area contributed by atoms with Gasteiger partial charge in [-0.05, 0) is 31.2 Å². The molecule has 1 rings (SSSR count). The Hall–Kier alpha value is -1.84. The molecule has 2 N–H and O–H groups in total. The number of nitrogens with zero attached hydrogens (tertiary/aromatic N) is 2. The van der Waals surface area contributed by atoms with Gasteiger partial charge in [-0.15, -0.1) is 0 Å². The highest BCUT2D eigenvalue weighted by atomic mass is 16.4. The quantitative estimate of drug-likeness (QED) is 0.110. The van der Waals surface area contributed by atoms with Crippen molar-refractivity contribution < 1.29 is 10.4 Å². The summed E-state index contributed by atoms with van der Waals surface area (Å²) < 4.78 is 0. The summed E-state index contributed by atoms with van der Waals surface area (Å²) >= 11 is 0. The van der Waals surface area contributed by atoms with Gasteiger partial charge in [0.15, 0.2) is 0 Å². The lowest BCUT2D eigenvalue weighted by Gasteiger charge is -2.08. The largest absolute Gasteiger partial charge is 0.411 e. The lowest BCUT2D eigenvalue weighted by atomic mass is 9.98. The van der Waals surface area contributed by atoms with Gasteiger partial charge in [-0.1, -0.05) is 125 Å². The van der Waals surface area contributed by atoms with E-state index < -0.39 is 0 Å². The van der Waals surface area contributed by atoms with Gasteiger partial charge in [-0.2, -0.15) is 0 Å². The molecule has 4 heteroatoms. The zero-order valence-corrected chi connectivity index (χ0v) is 19.4. The van der Waals surface area contributed by atoms with Gasteiger partial charge in [-0.25, -0.2) is 0 Å². The molecule has 4 nitrogen and oxygen atoms in total. The van der Waals surface area contributed by atoms with E-state index in [9.17, 15) is 10.4 Å². The molecule has 0 fully saturated rings. The first-order chi connectivity index (χ1) is 14.8. The predicted octanol–water partition coefficient (Wildman–Crippen LogP) is 8.13. The van der Waals surface area contributed by atoms with E-state index in [1.54, 1.807) is 0 Å².